The summed E-state index contributed by atoms with van der Waals surface area (Å²) >= 11 is 0. The van der Waals surface area contributed by atoms with Crippen LogP contribution in [-0.2, 0) is 17.6 Å². The van der Waals surface area contributed by atoms with Crippen LogP contribution in [0.25, 0.3) is 0 Å². The van der Waals surface area contributed by atoms with Gasteiger partial charge in [0.15, 0.2) is 0 Å². The molecule has 162 valence electrons. The molecule has 0 fully saturated rings. The van der Waals surface area contributed by atoms with Crippen LogP contribution >= 0.6 is 0 Å². The van der Waals surface area contributed by atoms with Gasteiger partial charge >= 0.3 is 0 Å². The van der Waals surface area contributed by atoms with Crippen molar-refractivity contribution in [1.29, 1.82) is 0 Å². The average molecular weight is 409 g/mol. The molecule has 4 nitrogen and oxygen atoms in total. The molecule has 4 heteroatoms. The summed E-state index contributed by atoms with van der Waals surface area (Å²) in [5, 5.41) is 6.04. The van der Waals surface area contributed by atoms with E-state index in [4.69, 9.17) is 0 Å². The Morgan fingerprint density at radius 1 is 1.20 bits per heavy atom. The highest BCUT2D eigenvalue weighted by molar-refractivity contribution is 5.94. The van der Waals surface area contributed by atoms with Gasteiger partial charge in [-0.3, -0.25) is 9.59 Å². The molecule has 0 spiro atoms. The molecule has 0 radical (unpaired) electrons. The second-order valence-electron chi connectivity index (χ2n) is 8.21. The molecule has 0 aliphatic heterocycles. The molecule has 1 aliphatic carbocycles. The van der Waals surface area contributed by atoms with Gasteiger partial charge in [0.1, 0.15) is 0 Å². The molecule has 30 heavy (non-hydrogen) atoms. The first-order valence-corrected chi connectivity index (χ1v) is 11.0. The quantitative estimate of drug-likeness (QED) is 0.451. The van der Waals surface area contributed by atoms with Crippen molar-refractivity contribution in [3.05, 3.63) is 70.8 Å². The van der Waals surface area contributed by atoms with E-state index in [2.05, 4.69) is 37.1 Å². The summed E-state index contributed by atoms with van der Waals surface area (Å²) in [6, 6.07) is 5.90. The standard InChI is InChI=1S/C26H36N2O2/c1-6-10-20(15-19(5)7-2)18-28-24(29)22-11-12-23-17-26(8-3,25(30)27-9-4)14-13-21(23)16-22/h6-7,10-12,16H,1,8-9,13-15,17-18H2,2-5H3,(H,27,30)(H,28,29)/b19-7-,20-10+. The molecule has 1 aromatic carbocycles. The molecular weight excluding hydrogens is 372 g/mol. The number of allylic oxidation sites excluding steroid dienone is 4. The Labute approximate surface area is 181 Å². The van der Waals surface area contributed by atoms with Crippen LogP contribution in [-0.4, -0.2) is 24.9 Å². The fraction of sp³-hybridized carbons (Fsp3) is 0.462. The maximum absolute atomic E-state index is 12.7. The van der Waals surface area contributed by atoms with Gasteiger partial charge in [-0.05, 0) is 81.7 Å². The summed E-state index contributed by atoms with van der Waals surface area (Å²) in [6.45, 7) is 13.1. The second-order valence-corrected chi connectivity index (χ2v) is 8.21. The van der Waals surface area contributed by atoms with Gasteiger partial charge in [-0.25, -0.2) is 0 Å². The van der Waals surface area contributed by atoms with E-state index in [9.17, 15) is 9.59 Å². The molecule has 2 rings (SSSR count). The van der Waals surface area contributed by atoms with Crippen LogP contribution in [0.2, 0.25) is 0 Å². The predicted molar refractivity (Wildman–Crippen MR) is 125 cm³/mol. The van der Waals surface area contributed by atoms with Gasteiger partial charge in [0, 0.05) is 18.7 Å². The molecular formula is C26H36N2O2. The fourth-order valence-corrected chi connectivity index (χ4v) is 4.11. The first-order valence-electron chi connectivity index (χ1n) is 11.0. The van der Waals surface area contributed by atoms with Crippen LogP contribution in [0.1, 0.15) is 68.4 Å². The summed E-state index contributed by atoms with van der Waals surface area (Å²) in [6.07, 6.45) is 9.84. The van der Waals surface area contributed by atoms with Crippen molar-refractivity contribution in [1.82, 2.24) is 10.6 Å². The lowest BCUT2D eigenvalue weighted by molar-refractivity contribution is -0.132. The van der Waals surface area contributed by atoms with Crippen molar-refractivity contribution >= 4 is 11.8 Å². The van der Waals surface area contributed by atoms with E-state index < -0.39 is 0 Å². The Kier molecular flexibility index (Phi) is 8.64. The highest BCUT2D eigenvalue weighted by Crippen LogP contribution is 2.39. The summed E-state index contributed by atoms with van der Waals surface area (Å²) in [5.41, 5.74) is 5.10. The lowest BCUT2D eigenvalue weighted by atomic mass is 9.69. The number of aryl methyl sites for hydroxylation is 1. The van der Waals surface area contributed by atoms with Crippen LogP contribution in [0, 0.1) is 5.41 Å². The van der Waals surface area contributed by atoms with Gasteiger partial charge in [-0.15, -0.1) is 0 Å². The van der Waals surface area contributed by atoms with E-state index in [1.54, 1.807) is 6.08 Å². The van der Waals surface area contributed by atoms with Crippen LogP contribution in [0.5, 0.6) is 0 Å². The summed E-state index contributed by atoms with van der Waals surface area (Å²) in [5.74, 6) is 0.0832. The molecule has 1 aromatic rings. The van der Waals surface area contributed by atoms with Crippen LogP contribution in [0.3, 0.4) is 0 Å². The van der Waals surface area contributed by atoms with Crippen molar-refractivity contribution in [3.8, 4) is 0 Å². The van der Waals surface area contributed by atoms with Crippen LogP contribution in [0.4, 0.5) is 0 Å². The number of hydrogen-bond donors (Lipinski definition) is 2. The largest absolute Gasteiger partial charge is 0.356 e. The third-order valence-corrected chi connectivity index (χ3v) is 6.19. The maximum Gasteiger partial charge on any atom is 0.251 e. The number of benzene rings is 1. The minimum absolute atomic E-state index is 0.0676. The molecule has 0 aromatic heterocycles. The molecule has 1 aliphatic rings. The van der Waals surface area contributed by atoms with Crippen LogP contribution in [0.15, 0.2) is 54.2 Å². The topological polar surface area (TPSA) is 58.2 Å². The summed E-state index contributed by atoms with van der Waals surface area (Å²) < 4.78 is 0. The summed E-state index contributed by atoms with van der Waals surface area (Å²) in [4.78, 5) is 25.4. The maximum atomic E-state index is 12.7. The van der Waals surface area contributed by atoms with Gasteiger partial charge in [0.2, 0.25) is 5.91 Å². The van der Waals surface area contributed by atoms with Gasteiger partial charge in [-0.2, -0.15) is 0 Å². The minimum Gasteiger partial charge on any atom is -0.356 e. The van der Waals surface area contributed by atoms with Gasteiger partial charge < -0.3 is 10.6 Å². The van der Waals surface area contributed by atoms with Crippen molar-refractivity contribution in [2.75, 3.05) is 13.1 Å². The van der Waals surface area contributed by atoms with Gasteiger partial charge in [0.25, 0.3) is 5.91 Å². The Balaban J connectivity index is 2.10. The van der Waals surface area contributed by atoms with Crippen molar-refractivity contribution < 1.29 is 9.59 Å². The number of amides is 2. The SMILES string of the molecule is C=C/C=C(/CNC(=O)c1ccc2c(c1)CCC(CC)(C(=O)NCC)C2)C/C(C)=C\C. The number of carbonyl (C=O) groups excluding carboxylic acids is 2. The Bertz CT molecular complexity index is 851. The van der Waals surface area contributed by atoms with E-state index in [-0.39, 0.29) is 17.2 Å². The fourth-order valence-electron chi connectivity index (χ4n) is 4.11. The molecule has 1 atom stereocenters. The van der Waals surface area contributed by atoms with Gasteiger partial charge in [0.05, 0.1) is 5.41 Å². The smallest absolute Gasteiger partial charge is 0.251 e. The second kappa shape index (κ2) is 11.0. The molecule has 2 N–H and O–H groups in total. The number of fused-ring (bicyclic) bond motifs is 1. The summed E-state index contributed by atoms with van der Waals surface area (Å²) in [7, 11) is 0. The van der Waals surface area contributed by atoms with Crippen molar-refractivity contribution in [2.24, 2.45) is 5.41 Å². The Hall–Kier alpha value is -2.62. The molecule has 2 amide bonds. The zero-order valence-corrected chi connectivity index (χ0v) is 18.9. The molecule has 0 saturated heterocycles. The van der Waals surface area contributed by atoms with Crippen LogP contribution < -0.4 is 10.6 Å². The Morgan fingerprint density at radius 3 is 2.60 bits per heavy atom. The van der Waals surface area contributed by atoms with E-state index >= 15 is 0 Å². The monoisotopic (exact) mass is 408 g/mol. The van der Waals surface area contributed by atoms with E-state index in [1.165, 1.54) is 16.7 Å². The first kappa shape index (κ1) is 23.7. The zero-order chi connectivity index (χ0) is 22.1. The normalized spacial score (nSPS) is 19.1. The zero-order valence-electron chi connectivity index (χ0n) is 18.9. The lowest BCUT2D eigenvalue weighted by Gasteiger charge is -2.36. The molecule has 1 unspecified atom stereocenters. The minimum atomic E-state index is -0.332. The van der Waals surface area contributed by atoms with Crippen molar-refractivity contribution in [2.45, 2.75) is 59.8 Å². The average Bonchev–Trinajstić information content (AvgIpc) is 2.76. The molecule has 0 saturated carbocycles. The van der Waals surface area contributed by atoms with E-state index in [0.29, 0.717) is 18.7 Å². The number of nitrogens with one attached hydrogen (secondary N) is 2. The Morgan fingerprint density at radius 2 is 1.97 bits per heavy atom. The highest BCUT2D eigenvalue weighted by atomic mass is 16.2. The third kappa shape index (κ3) is 5.71. The highest BCUT2D eigenvalue weighted by Gasteiger charge is 2.39. The molecule has 0 heterocycles. The van der Waals surface area contributed by atoms with E-state index in [0.717, 1.165) is 37.7 Å². The lowest BCUT2D eigenvalue weighted by Crippen LogP contribution is -2.44. The van der Waals surface area contributed by atoms with E-state index in [1.807, 2.05) is 38.1 Å². The third-order valence-electron chi connectivity index (χ3n) is 6.19. The number of carbonyl (C=O) groups is 2. The number of rotatable bonds is 9. The number of hydrogen-bond acceptors (Lipinski definition) is 2. The molecule has 0 bridgehead atoms. The van der Waals surface area contributed by atoms with Crippen molar-refractivity contribution in [3.63, 3.8) is 0 Å². The van der Waals surface area contributed by atoms with Gasteiger partial charge in [-0.1, -0.05) is 43.4 Å². The first-order chi connectivity index (χ1) is 14.4. The predicted octanol–water partition coefficient (Wildman–Crippen LogP) is 4.91.